The fourth-order valence-corrected chi connectivity index (χ4v) is 2.57. The summed E-state index contributed by atoms with van der Waals surface area (Å²) in [5.41, 5.74) is 0.0844. The van der Waals surface area contributed by atoms with Gasteiger partial charge in [-0.05, 0) is 42.5 Å². The molecule has 0 unspecified atom stereocenters. The lowest BCUT2D eigenvalue weighted by molar-refractivity contribution is 0.0697. The largest absolute Gasteiger partial charge is 0.493 e. The normalized spacial score (nSPS) is 10.4. The fourth-order valence-electron chi connectivity index (χ4n) is 1.61. The molecule has 0 amide bonds. The molecule has 0 fully saturated rings. The minimum absolute atomic E-state index is 0.0844. The van der Waals surface area contributed by atoms with E-state index in [2.05, 4.69) is 0 Å². The lowest BCUT2D eigenvalue weighted by Gasteiger charge is -2.07. The molecule has 0 aliphatic rings. The van der Waals surface area contributed by atoms with Crippen LogP contribution < -0.4 is 4.74 Å². The Morgan fingerprint density at radius 1 is 1.24 bits per heavy atom. The van der Waals surface area contributed by atoms with E-state index in [1.807, 2.05) is 0 Å². The van der Waals surface area contributed by atoms with Crippen LogP contribution in [0.5, 0.6) is 5.75 Å². The number of aromatic carboxylic acids is 1. The van der Waals surface area contributed by atoms with Gasteiger partial charge in [0, 0.05) is 10.6 Å². The van der Waals surface area contributed by atoms with Gasteiger partial charge in [-0.2, -0.15) is 0 Å². The van der Waals surface area contributed by atoms with Crippen LogP contribution in [0.1, 0.15) is 10.4 Å². The van der Waals surface area contributed by atoms with Crippen molar-refractivity contribution in [3.8, 4) is 5.75 Å². The lowest BCUT2D eigenvalue weighted by atomic mass is 10.2. The SMILES string of the molecule is O=C(O)c1cc(SCCOc2ccc(F)cc2)ccc1Cl. The van der Waals surface area contributed by atoms with Gasteiger partial charge in [0.25, 0.3) is 0 Å². The first-order valence-electron chi connectivity index (χ1n) is 6.10. The lowest BCUT2D eigenvalue weighted by Crippen LogP contribution is -2.01. The third kappa shape index (κ3) is 4.65. The molecule has 21 heavy (non-hydrogen) atoms. The summed E-state index contributed by atoms with van der Waals surface area (Å²) in [5.74, 6) is -0.124. The quantitative estimate of drug-likeness (QED) is 0.633. The summed E-state index contributed by atoms with van der Waals surface area (Å²) in [4.78, 5) is 11.8. The van der Waals surface area contributed by atoms with Gasteiger partial charge in [-0.25, -0.2) is 9.18 Å². The van der Waals surface area contributed by atoms with E-state index in [9.17, 15) is 9.18 Å². The summed E-state index contributed by atoms with van der Waals surface area (Å²) >= 11 is 7.26. The van der Waals surface area contributed by atoms with Crippen LogP contribution in [0.4, 0.5) is 4.39 Å². The number of thioether (sulfide) groups is 1. The van der Waals surface area contributed by atoms with Crippen LogP contribution in [0.15, 0.2) is 47.4 Å². The molecule has 0 aromatic heterocycles. The second-order valence-corrected chi connectivity index (χ2v) is 5.67. The molecule has 0 saturated heterocycles. The van der Waals surface area contributed by atoms with Gasteiger partial charge in [0.1, 0.15) is 11.6 Å². The van der Waals surface area contributed by atoms with Gasteiger partial charge in [0.2, 0.25) is 0 Å². The van der Waals surface area contributed by atoms with Crippen molar-refractivity contribution >= 4 is 29.3 Å². The predicted molar refractivity (Wildman–Crippen MR) is 81.0 cm³/mol. The van der Waals surface area contributed by atoms with E-state index in [0.29, 0.717) is 18.1 Å². The van der Waals surface area contributed by atoms with E-state index in [-0.39, 0.29) is 16.4 Å². The molecule has 2 aromatic rings. The van der Waals surface area contributed by atoms with Crippen molar-refractivity contribution in [1.29, 1.82) is 0 Å². The summed E-state index contributed by atoms with van der Waals surface area (Å²) in [7, 11) is 0. The van der Waals surface area contributed by atoms with Crippen molar-refractivity contribution in [2.75, 3.05) is 12.4 Å². The van der Waals surface area contributed by atoms with Gasteiger partial charge in [-0.15, -0.1) is 11.8 Å². The molecular formula is C15H12ClFO3S. The standard InChI is InChI=1S/C15H12ClFO3S/c16-14-6-5-12(9-13(14)15(18)19)21-8-7-20-11-3-1-10(17)2-4-11/h1-6,9H,7-8H2,(H,18,19). The first kappa shape index (κ1) is 15.7. The van der Waals surface area contributed by atoms with Crippen LogP contribution in [0, 0.1) is 5.82 Å². The number of rotatable bonds is 6. The minimum Gasteiger partial charge on any atom is -0.493 e. The van der Waals surface area contributed by atoms with Crippen LogP contribution in [0.2, 0.25) is 5.02 Å². The average Bonchev–Trinajstić information content (AvgIpc) is 2.46. The van der Waals surface area contributed by atoms with Crippen molar-refractivity contribution in [3.05, 3.63) is 58.9 Å². The Morgan fingerprint density at radius 3 is 2.62 bits per heavy atom. The van der Waals surface area contributed by atoms with Gasteiger partial charge in [-0.1, -0.05) is 11.6 Å². The molecule has 0 aliphatic heterocycles. The number of hydrogen-bond acceptors (Lipinski definition) is 3. The Labute approximate surface area is 130 Å². The molecule has 0 atom stereocenters. The van der Waals surface area contributed by atoms with Crippen LogP contribution in [-0.2, 0) is 0 Å². The molecule has 1 N–H and O–H groups in total. The number of carbonyl (C=O) groups is 1. The Morgan fingerprint density at radius 2 is 1.95 bits per heavy atom. The molecule has 0 spiro atoms. The monoisotopic (exact) mass is 326 g/mol. The van der Waals surface area contributed by atoms with Crippen molar-refractivity contribution in [1.82, 2.24) is 0 Å². The zero-order valence-corrected chi connectivity index (χ0v) is 12.5. The highest BCUT2D eigenvalue weighted by Gasteiger charge is 2.09. The summed E-state index contributed by atoms with van der Waals surface area (Å²) in [6.07, 6.45) is 0. The molecule has 0 bridgehead atoms. The number of halogens is 2. The van der Waals surface area contributed by atoms with Gasteiger partial charge >= 0.3 is 5.97 Å². The molecule has 3 nitrogen and oxygen atoms in total. The molecule has 0 aliphatic carbocycles. The Balaban J connectivity index is 1.85. The van der Waals surface area contributed by atoms with Crippen molar-refractivity contribution < 1.29 is 19.0 Å². The highest BCUT2D eigenvalue weighted by molar-refractivity contribution is 7.99. The molecular weight excluding hydrogens is 315 g/mol. The Hall–Kier alpha value is -1.72. The number of carboxylic acid groups (broad SMARTS) is 1. The van der Waals surface area contributed by atoms with Crippen LogP contribution in [-0.4, -0.2) is 23.4 Å². The maximum absolute atomic E-state index is 12.7. The van der Waals surface area contributed by atoms with Gasteiger partial charge < -0.3 is 9.84 Å². The first-order valence-corrected chi connectivity index (χ1v) is 7.46. The molecule has 0 saturated carbocycles. The van der Waals surface area contributed by atoms with Crippen LogP contribution >= 0.6 is 23.4 Å². The van der Waals surface area contributed by atoms with Gasteiger partial charge in [0.15, 0.2) is 0 Å². The topological polar surface area (TPSA) is 46.5 Å². The zero-order chi connectivity index (χ0) is 15.2. The first-order chi connectivity index (χ1) is 10.1. The molecule has 0 radical (unpaired) electrons. The predicted octanol–water partition coefficient (Wildman–Crippen LogP) is 4.35. The fraction of sp³-hybridized carbons (Fsp3) is 0.133. The van der Waals surface area contributed by atoms with Crippen molar-refractivity contribution in [2.24, 2.45) is 0 Å². The molecule has 2 aromatic carbocycles. The summed E-state index contributed by atoms with van der Waals surface area (Å²) in [6.45, 7) is 0.432. The summed E-state index contributed by atoms with van der Waals surface area (Å²) in [6, 6.07) is 10.6. The van der Waals surface area contributed by atoms with Crippen LogP contribution in [0.3, 0.4) is 0 Å². The second kappa shape index (κ2) is 7.33. The van der Waals surface area contributed by atoms with E-state index in [4.69, 9.17) is 21.4 Å². The van der Waals surface area contributed by atoms with Crippen molar-refractivity contribution in [3.63, 3.8) is 0 Å². The average molecular weight is 327 g/mol. The van der Waals surface area contributed by atoms with Crippen LogP contribution in [0.25, 0.3) is 0 Å². The second-order valence-electron chi connectivity index (χ2n) is 4.10. The van der Waals surface area contributed by atoms with Gasteiger partial charge in [-0.3, -0.25) is 0 Å². The minimum atomic E-state index is -1.05. The van der Waals surface area contributed by atoms with E-state index in [1.165, 1.54) is 30.0 Å². The smallest absolute Gasteiger partial charge is 0.337 e. The number of carboxylic acids is 1. The number of benzene rings is 2. The highest BCUT2D eigenvalue weighted by atomic mass is 35.5. The number of hydrogen-bond donors (Lipinski definition) is 1. The zero-order valence-electron chi connectivity index (χ0n) is 10.9. The molecule has 6 heteroatoms. The van der Waals surface area contributed by atoms with Crippen molar-refractivity contribution in [2.45, 2.75) is 4.90 Å². The third-order valence-corrected chi connectivity index (χ3v) is 3.89. The number of ether oxygens (including phenoxy) is 1. The summed E-state index contributed by atoms with van der Waals surface area (Å²) in [5, 5.41) is 9.20. The Bertz CT molecular complexity index is 631. The van der Waals surface area contributed by atoms with E-state index >= 15 is 0 Å². The maximum atomic E-state index is 12.7. The molecule has 110 valence electrons. The van der Waals surface area contributed by atoms with Gasteiger partial charge in [0.05, 0.1) is 17.2 Å². The van der Waals surface area contributed by atoms with E-state index in [1.54, 1.807) is 24.3 Å². The molecule has 2 rings (SSSR count). The summed E-state index contributed by atoms with van der Waals surface area (Å²) < 4.78 is 18.2. The Kier molecular flexibility index (Phi) is 5.47. The van der Waals surface area contributed by atoms with E-state index < -0.39 is 5.97 Å². The maximum Gasteiger partial charge on any atom is 0.337 e. The highest BCUT2D eigenvalue weighted by Crippen LogP contribution is 2.24. The molecule has 0 heterocycles. The third-order valence-electron chi connectivity index (χ3n) is 2.60. The van der Waals surface area contributed by atoms with E-state index in [0.717, 1.165) is 4.90 Å².